The summed E-state index contributed by atoms with van der Waals surface area (Å²) in [6.45, 7) is 20.9. The molecule has 1 fully saturated rings. The summed E-state index contributed by atoms with van der Waals surface area (Å²) in [5, 5.41) is 3.47. The number of hydrogen-bond acceptors (Lipinski definition) is 5. The van der Waals surface area contributed by atoms with E-state index in [2.05, 4.69) is 67.7 Å². The van der Waals surface area contributed by atoms with Crippen LogP contribution in [0.1, 0.15) is 53.5 Å². The van der Waals surface area contributed by atoms with E-state index < -0.39 is 0 Å². The molecular weight excluding hydrogens is 336 g/mol. The van der Waals surface area contributed by atoms with Gasteiger partial charge in [0.1, 0.15) is 0 Å². The largest absolute Gasteiger partial charge is 0.478 e. The van der Waals surface area contributed by atoms with Crippen molar-refractivity contribution in [2.24, 2.45) is 5.92 Å². The van der Waals surface area contributed by atoms with Gasteiger partial charge in [0, 0.05) is 63.1 Å². The molecule has 27 heavy (non-hydrogen) atoms. The molecule has 0 aromatic carbocycles. The van der Waals surface area contributed by atoms with Crippen molar-refractivity contribution in [3.63, 3.8) is 0 Å². The van der Waals surface area contributed by atoms with Crippen LogP contribution in [0.3, 0.4) is 0 Å². The molecular formula is C22H40N4O. The van der Waals surface area contributed by atoms with Crippen molar-refractivity contribution >= 4 is 0 Å². The van der Waals surface area contributed by atoms with Gasteiger partial charge < -0.3 is 15.0 Å². The highest BCUT2D eigenvalue weighted by Gasteiger charge is 2.22. The molecule has 1 aromatic rings. The van der Waals surface area contributed by atoms with Crippen molar-refractivity contribution in [1.29, 1.82) is 0 Å². The van der Waals surface area contributed by atoms with Crippen molar-refractivity contribution in [3.05, 3.63) is 23.9 Å². The summed E-state index contributed by atoms with van der Waals surface area (Å²) in [6, 6.07) is 4.75. The van der Waals surface area contributed by atoms with Crippen LogP contribution in [0.4, 0.5) is 0 Å². The van der Waals surface area contributed by atoms with Gasteiger partial charge in [0.2, 0.25) is 5.88 Å². The van der Waals surface area contributed by atoms with Crippen LogP contribution in [-0.2, 0) is 6.54 Å². The lowest BCUT2D eigenvalue weighted by Crippen LogP contribution is -2.51. The fourth-order valence-electron chi connectivity index (χ4n) is 3.25. The van der Waals surface area contributed by atoms with Gasteiger partial charge in [0.05, 0.1) is 6.61 Å². The molecule has 0 saturated carbocycles. The Hall–Kier alpha value is -1.17. The molecule has 154 valence electrons. The zero-order chi connectivity index (χ0) is 19.9. The third-order valence-corrected chi connectivity index (χ3v) is 5.44. The van der Waals surface area contributed by atoms with Crippen LogP contribution in [-0.4, -0.2) is 65.7 Å². The van der Waals surface area contributed by atoms with Crippen LogP contribution >= 0.6 is 0 Å². The van der Waals surface area contributed by atoms with Crippen LogP contribution in [0.5, 0.6) is 5.88 Å². The maximum absolute atomic E-state index is 5.82. The zero-order valence-electron chi connectivity index (χ0n) is 18.3. The van der Waals surface area contributed by atoms with E-state index in [9.17, 15) is 0 Å². The van der Waals surface area contributed by atoms with Crippen LogP contribution in [0.2, 0.25) is 0 Å². The number of pyridine rings is 1. The van der Waals surface area contributed by atoms with E-state index in [0.29, 0.717) is 6.04 Å². The number of hydrogen-bond donors (Lipinski definition) is 1. The lowest BCUT2D eigenvalue weighted by molar-refractivity contribution is 0.0811. The number of nitrogens with one attached hydrogen (secondary N) is 1. The average molecular weight is 377 g/mol. The van der Waals surface area contributed by atoms with Gasteiger partial charge in [0.25, 0.3) is 0 Å². The van der Waals surface area contributed by atoms with Gasteiger partial charge in [-0.05, 0) is 45.6 Å². The first-order valence-electron chi connectivity index (χ1n) is 10.5. The molecule has 1 atom stereocenters. The zero-order valence-corrected chi connectivity index (χ0v) is 18.3. The number of nitrogens with zero attached hydrogens (tertiary/aromatic N) is 3. The normalized spacial score (nSPS) is 18.0. The molecule has 0 aliphatic carbocycles. The molecule has 1 aliphatic rings. The van der Waals surface area contributed by atoms with Crippen LogP contribution in [0.25, 0.3) is 0 Å². The summed E-state index contributed by atoms with van der Waals surface area (Å²) in [5.41, 5.74) is 1.30. The Kier molecular flexibility index (Phi) is 8.52. The van der Waals surface area contributed by atoms with Crippen LogP contribution in [0, 0.1) is 5.92 Å². The van der Waals surface area contributed by atoms with Crippen molar-refractivity contribution in [1.82, 2.24) is 20.1 Å². The van der Waals surface area contributed by atoms with Gasteiger partial charge in [-0.2, -0.15) is 0 Å². The first kappa shape index (κ1) is 22.1. The molecule has 0 bridgehead atoms. The van der Waals surface area contributed by atoms with Gasteiger partial charge in [-0.15, -0.1) is 0 Å². The molecule has 5 nitrogen and oxygen atoms in total. The van der Waals surface area contributed by atoms with Crippen molar-refractivity contribution in [2.45, 2.75) is 66.1 Å². The summed E-state index contributed by atoms with van der Waals surface area (Å²) in [6.07, 6.45) is 2.96. The summed E-state index contributed by atoms with van der Waals surface area (Å²) >= 11 is 0. The smallest absolute Gasteiger partial charge is 0.213 e. The van der Waals surface area contributed by atoms with Crippen LogP contribution in [0.15, 0.2) is 18.3 Å². The number of rotatable bonds is 9. The highest BCUT2D eigenvalue weighted by atomic mass is 16.5. The molecule has 1 aliphatic heterocycles. The second-order valence-electron chi connectivity index (χ2n) is 9.17. The standard InChI is InChI=1S/C22H40N4O/c1-18(2)19(3)26-13-11-25(12-14-26)10-7-15-27-21-9-8-20(16-23-21)17-24-22(4,5)6/h8-9,16,18-19,24H,7,10-15,17H2,1-6H3/t19-/m0/s1. The van der Waals surface area contributed by atoms with Crippen molar-refractivity contribution < 1.29 is 4.74 Å². The van der Waals surface area contributed by atoms with Crippen LogP contribution < -0.4 is 10.1 Å². The van der Waals surface area contributed by atoms with E-state index in [4.69, 9.17) is 4.74 Å². The lowest BCUT2D eigenvalue weighted by Gasteiger charge is -2.39. The van der Waals surface area contributed by atoms with Gasteiger partial charge >= 0.3 is 0 Å². The monoisotopic (exact) mass is 376 g/mol. The Morgan fingerprint density at radius 3 is 2.37 bits per heavy atom. The minimum absolute atomic E-state index is 0.119. The fraction of sp³-hybridized carbons (Fsp3) is 0.773. The van der Waals surface area contributed by atoms with Crippen molar-refractivity contribution in [3.8, 4) is 5.88 Å². The summed E-state index contributed by atoms with van der Waals surface area (Å²) in [4.78, 5) is 9.61. The predicted molar refractivity (Wildman–Crippen MR) is 113 cm³/mol. The molecule has 2 rings (SSSR count). The molecule has 1 aromatic heterocycles. The number of piperazine rings is 1. The summed E-state index contributed by atoms with van der Waals surface area (Å²) in [5.74, 6) is 1.46. The second-order valence-corrected chi connectivity index (χ2v) is 9.17. The third kappa shape index (κ3) is 8.16. The Bertz CT molecular complexity index is 530. The summed E-state index contributed by atoms with van der Waals surface area (Å²) in [7, 11) is 0. The SMILES string of the molecule is CC(C)[C@H](C)N1CCN(CCCOc2ccc(CNC(C)(C)C)cn2)CC1. The fourth-order valence-corrected chi connectivity index (χ4v) is 3.25. The molecule has 0 unspecified atom stereocenters. The average Bonchev–Trinajstić information content (AvgIpc) is 2.63. The first-order chi connectivity index (χ1) is 12.7. The van der Waals surface area contributed by atoms with E-state index in [1.165, 1.54) is 31.7 Å². The maximum Gasteiger partial charge on any atom is 0.213 e. The number of ether oxygens (including phenoxy) is 1. The Morgan fingerprint density at radius 2 is 1.81 bits per heavy atom. The summed E-state index contributed by atoms with van der Waals surface area (Å²) < 4.78 is 5.82. The highest BCUT2D eigenvalue weighted by molar-refractivity contribution is 5.17. The first-order valence-corrected chi connectivity index (χ1v) is 10.5. The molecule has 2 heterocycles. The minimum atomic E-state index is 0.119. The quantitative estimate of drug-likeness (QED) is 0.669. The van der Waals surface area contributed by atoms with E-state index in [1.807, 2.05) is 12.3 Å². The predicted octanol–water partition coefficient (Wildman–Crippen LogP) is 3.40. The number of aromatic nitrogens is 1. The molecule has 1 N–H and O–H groups in total. The van der Waals surface area contributed by atoms with Gasteiger partial charge in [-0.3, -0.25) is 4.90 Å². The molecule has 0 amide bonds. The topological polar surface area (TPSA) is 40.6 Å². The third-order valence-electron chi connectivity index (χ3n) is 5.44. The molecule has 1 saturated heterocycles. The van der Waals surface area contributed by atoms with E-state index >= 15 is 0 Å². The highest BCUT2D eigenvalue weighted by Crippen LogP contribution is 2.14. The Morgan fingerprint density at radius 1 is 1.11 bits per heavy atom. The van der Waals surface area contributed by atoms with E-state index in [1.54, 1.807) is 0 Å². The van der Waals surface area contributed by atoms with E-state index in [0.717, 1.165) is 37.9 Å². The molecule has 0 radical (unpaired) electrons. The second kappa shape index (κ2) is 10.4. The molecule has 5 heteroatoms. The van der Waals surface area contributed by atoms with Gasteiger partial charge in [-0.1, -0.05) is 19.9 Å². The van der Waals surface area contributed by atoms with Gasteiger partial charge in [-0.25, -0.2) is 4.98 Å². The van der Waals surface area contributed by atoms with Crippen molar-refractivity contribution in [2.75, 3.05) is 39.3 Å². The van der Waals surface area contributed by atoms with Gasteiger partial charge in [0.15, 0.2) is 0 Å². The Balaban J connectivity index is 1.60. The lowest BCUT2D eigenvalue weighted by atomic mass is 10.0. The molecule has 0 spiro atoms. The minimum Gasteiger partial charge on any atom is -0.478 e. The maximum atomic E-state index is 5.82. The Labute approximate surface area is 166 Å². The van der Waals surface area contributed by atoms with E-state index in [-0.39, 0.29) is 5.54 Å².